The van der Waals surface area contributed by atoms with Crippen molar-refractivity contribution in [3.63, 3.8) is 0 Å². The van der Waals surface area contributed by atoms with Crippen molar-refractivity contribution in [2.45, 2.75) is 74.6 Å². The predicted octanol–water partition coefficient (Wildman–Crippen LogP) is 4.93. The van der Waals surface area contributed by atoms with Gasteiger partial charge < -0.3 is 26.6 Å². The van der Waals surface area contributed by atoms with Gasteiger partial charge in [0.2, 0.25) is 0 Å². The number of amides is 2. The fraction of sp³-hybridized carbons (Fsp3) is 0.458. The number of nitrogens with one attached hydrogen (secondary N) is 3. The van der Waals surface area contributed by atoms with Crippen LogP contribution >= 0.6 is 23.4 Å². The number of carbonyl (C=O) groups excluding carboxylic acids is 1. The summed E-state index contributed by atoms with van der Waals surface area (Å²) in [6.07, 6.45) is 1.74. The lowest BCUT2D eigenvalue weighted by molar-refractivity contribution is 0.147. The number of benzene rings is 2. The Kier molecular flexibility index (Phi) is 6.38. The van der Waals surface area contributed by atoms with E-state index in [2.05, 4.69) is 54.6 Å². The Labute approximate surface area is 199 Å². The molecular formula is C24H32ClN5OS. The van der Waals surface area contributed by atoms with Crippen molar-refractivity contribution in [1.82, 2.24) is 16.0 Å². The Balaban J connectivity index is 1.57. The highest BCUT2D eigenvalue weighted by molar-refractivity contribution is 8.00. The maximum Gasteiger partial charge on any atom is 0.317 e. The van der Waals surface area contributed by atoms with E-state index in [9.17, 15) is 4.79 Å². The van der Waals surface area contributed by atoms with E-state index in [1.54, 1.807) is 11.8 Å². The topological polar surface area (TPSA) is 82.4 Å². The lowest BCUT2D eigenvalue weighted by Crippen LogP contribution is -2.63. The van der Waals surface area contributed by atoms with Crippen LogP contribution in [0.2, 0.25) is 5.02 Å². The molecule has 1 unspecified atom stereocenters. The molecule has 4 rings (SSSR count). The molecule has 1 fully saturated rings. The van der Waals surface area contributed by atoms with E-state index in [0.717, 1.165) is 34.7 Å². The van der Waals surface area contributed by atoms with E-state index >= 15 is 0 Å². The summed E-state index contributed by atoms with van der Waals surface area (Å²) >= 11 is 8.23. The van der Waals surface area contributed by atoms with Crippen LogP contribution in [0, 0.1) is 0 Å². The molecule has 172 valence electrons. The molecule has 2 aliphatic rings. The second-order valence-corrected chi connectivity index (χ2v) is 11.4. The van der Waals surface area contributed by atoms with Crippen LogP contribution in [-0.4, -0.2) is 28.6 Å². The van der Waals surface area contributed by atoms with Crippen LogP contribution < -0.4 is 26.6 Å². The van der Waals surface area contributed by atoms with Crippen molar-refractivity contribution >= 4 is 40.8 Å². The third kappa shape index (κ3) is 4.86. The standard InChI is InChI=1S/C24H32ClN5OS/c1-23(2)12-16(13-24(3,4)29-23)27-21(31)28-22-30(18-10-5-6-11-19(18)32-22)20-15(14-26)8-7-9-17(20)25/h5-11,16,22,29H,12-14,26H2,1-4H3,(H2,27,28,31). The number of thioether (sulfide) groups is 1. The van der Waals surface area contributed by atoms with Gasteiger partial charge in [0.05, 0.1) is 16.4 Å². The number of rotatable bonds is 4. The second-order valence-electron chi connectivity index (χ2n) is 9.88. The Morgan fingerprint density at radius 1 is 1.12 bits per heavy atom. The maximum absolute atomic E-state index is 13.1. The van der Waals surface area contributed by atoms with Gasteiger partial charge in [0.25, 0.3) is 0 Å². The molecule has 0 saturated carbocycles. The monoisotopic (exact) mass is 473 g/mol. The van der Waals surface area contributed by atoms with Crippen LogP contribution in [-0.2, 0) is 6.54 Å². The van der Waals surface area contributed by atoms with E-state index < -0.39 is 0 Å². The van der Waals surface area contributed by atoms with Crippen molar-refractivity contribution in [3.8, 4) is 0 Å². The average Bonchev–Trinajstić information content (AvgIpc) is 3.02. The highest BCUT2D eigenvalue weighted by Gasteiger charge is 2.39. The minimum atomic E-state index is -0.333. The highest BCUT2D eigenvalue weighted by Crippen LogP contribution is 2.49. The summed E-state index contributed by atoms with van der Waals surface area (Å²) in [6.45, 7) is 9.07. The van der Waals surface area contributed by atoms with Crippen LogP contribution in [0.1, 0.15) is 46.1 Å². The molecule has 0 spiro atoms. The molecule has 2 aliphatic heterocycles. The minimum Gasteiger partial charge on any atom is -0.335 e. The largest absolute Gasteiger partial charge is 0.335 e. The number of halogens is 1. The van der Waals surface area contributed by atoms with Crippen molar-refractivity contribution in [1.29, 1.82) is 0 Å². The smallest absolute Gasteiger partial charge is 0.317 e. The molecule has 2 aromatic rings. The first kappa shape index (κ1) is 23.2. The van der Waals surface area contributed by atoms with Gasteiger partial charge in [0.15, 0.2) is 5.50 Å². The normalized spacial score (nSPS) is 21.8. The Hall–Kier alpha value is -1.93. The van der Waals surface area contributed by atoms with Gasteiger partial charge in [-0.25, -0.2) is 4.79 Å². The number of hydrogen-bond acceptors (Lipinski definition) is 5. The van der Waals surface area contributed by atoms with Crippen molar-refractivity contribution in [2.75, 3.05) is 4.90 Å². The third-order valence-electron chi connectivity index (χ3n) is 5.91. The van der Waals surface area contributed by atoms with Gasteiger partial charge in [-0.15, -0.1) is 0 Å². The van der Waals surface area contributed by atoms with Gasteiger partial charge in [-0.1, -0.05) is 47.6 Å². The quantitative estimate of drug-likeness (QED) is 0.506. The number of urea groups is 1. The third-order valence-corrected chi connectivity index (χ3v) is 7.37. The number of nitrogens with two attached hydrogens (primary N) is 1. The molecule has 0 radical (unpaired) electrons. The van der Waals surface area contributed by atoms with Crippen molar-refractivity contribution in [2.24, 2.45) is 5.73 Å². The van der Waals surface area contributed by atoms with Crippen LogP contribution in [0.5, 0.6) is 0 Å². The van der Waals surface area contributed by atoms with Crippen LogP contribution in [0.15, 0.2) is 47.4 Å². The van der Waals surface area contributed by atoms with E-state index in [4.69, 9.17) is 17.3 Å². The highest BCUT2D eigenvalue weighted by atomic mass is 35.5. The zero-order chi connectivity index (χ0) is 23.1. The van der Waals surface area contributed by atoms with Crippen molar-refractivity contribution in [3.05, 3.63) is 53.1 Å². The molecule has 0 aliphatic carbocycles. The molecule has 6 nitrogen and oxygen atoms in total. The zero-order valence-corrected chi connectivity index (χ0v) is 20.6. The second kappa shape index (κ2) is 8.78. The number of hydrogen-bond donors (Lipinski definition) is 4. The average molecular weight is 474 g/mol. The van der Waals surface area contributed by atoms with E-state index in [1.165, 1.54) is 0 Å². The zero-order valence-electron chi connectivity index (χ0n) is 19.0. The van der Waals surface area contributed by atoms with Gasteiger partial charge in [-0.05, 0) is 64.3 Å². The number of para-hydroxylation sites is 2. The Bertz CT molecular complexity index is 996. The van der Waals surface area contributed by atoms with E-state index in [0.29, 0.717) is 11.6 Å². The first-order valence-electron chi connectivity index (χ1n) is 11.0. The summed E-state index contributed by atoms with van der Waals surface area (Å²) in [4.78, 5) is 16.3. The van der Waals surface area contributed by atoms with E-state index in [-0.39, 0.29) is 28.6 Å². The fourth-order valence-corrected chi connectivity index (χ4v) is 6.61. The molecule has 2 aromatic carbocycles. The molecule has 1 saturated heterocycles. The first-order chi connectivity index (χ1) is 15.1. The number of fused-ring (bicyclic) bond motifs is 1. The number of anilines is 2. The van der Waals surface area contributed by atoms with Crippen LogP contribution in [0.3, 0.4) is 0 Å². The molecule has 8 heteroatoms. The molecule has 2 amide bonds. The lowest BCUT2D eigenvalue weighted by atomic mass is 9.80. The molecular weight excluding hydrogens is 442 g/mol. The first-order valence-corrected chi connectivity index (χ1v) is 12.2. The summed E-state index contributed by atoms with van der Waals surface area (Å²) in [7, 11) is 0. The lowest BCUT2D eigenvalue weighted by Gasteiger charge is -2.46. The van der Waals surface area contributed by atoms with Gasteiger partial charge >= 0.3 is 6.03 Å². The van der Waals surface area contributed by atoms with Crippen molar-refractivity contribution < 1.29 is 4.79 Å². The summed E-state index contributed by atoms with van der Waals surface area (Å²) in [5.41, 5.74) is 8.39. The molecule has 5 N–H and O–H groups in total. The Morgan fingerprint density at radius 3 is 2.50 bits per heavy atom. The molecule has 0 aromatic heterocycles. The minimum absolute atomic E-state index is 0.0440. The van der Waals surface area contributed by atoms with Gasteiger partial charge in [-0.3, -0.25) is 0 Å². The van der Waals surface area contributed by atoms with Crippen LogP contribution in [0.4, 0.5) is 16.2 Å². The summed E-state index contributed by atoms with van der Waals surface area (Å²) in [5.74, 6) is 0. The van der Waals surface area contributed by atoms with Gasteiger partial charge in [0, 0.05) is 28.6 Å². The molecule has 0 bridgehead atoms. The van der Waals surface area contributed by atoms with Gasteiger partial charge in [0.1, 0.15) is 0 Å². The van der Waals surface area contributed by atoms with Gasteiger partial charge in [-0.2, -0.15) is 0 Å². The number of carbonyl (C=O) groups is 1. The molecule has 1 atom stereocenters. The summed E-state index contributed by atoms with van der Waals surface area (Å²) in [5, 5.41) is 10.7. The molecule has 2 heterocycles. The fourth-order valence-electron chi connectivity index (χ4n) is 5.14. The predicted molar refractivity (Wildman–Crippen MR) is 134 cm³/mol. The van der Waals surface area contributed by atoms with Crippen LogP contribution in [0.25, 0.3) is 0 Å². The maximum atomic E-state index is 13.1. The SMILES string of the molecule is CC1(C)CC(NC(=O)NC2Sc3ccccc3N2c2c(Cl)cccc2CN)CC(C)(C)N1. The summed E-state index contributed by atoms with van der Waals surface area (Å²) < 4.78 is 0. The molecule has 32 heavy (non-hydrogen) atoms. The number of nitrogens with zero attached hydrogens (tertiary/aromatic N) is 1. The Morgan fingerprint density at radius 2 is 1.81 bits per heavy atom. The van der Waals surface area contributed by atoms with E-state index in [1.807, 2.05) is 36.4 Å². The summed E-state index contributed by atoms with van der Waals surface area (Å²) in [6, 6.07) is 13.7. The number of piperidine rings is 1.